The molecule has 2 amide bonds. The molecule has 0 bridgehead atoms. The van der Waals surface area contributed by atoms with Crippen LogP contribution in [0.1, 0.15) is 10.4 Å². The van der Waals surface area contributed by atoms with Gasteiger partial charge in [-0.05, 0) is 18.2 Å². The van der Waals surface area contributed by atoms with E-state index in [1.165, 1.54) is 0 Å². The molecule has 2 rings (SSSR count). The largest absolute Gasteiger partial charge is 0.353 e. The van der Waals surface area contributed by atoms with Gasteiger partial charge in [0.25, 0.3) is 5.91 Å². The number of carbonyl (C=O) groups excluding carboxylic acids is 2. The van der Waals surface area contributed by atoms with Crippen LogP contribution in [0.15, 0.2) is 28.7 Å². The van der Waals surface area contributed by atoms with Crippen molar-refractivity contribution >= 4 is 40.2 Å². The van der Waals surface area contributed by atoms with Gasteiger partial charge in [-0.1, -0.05) is 22.0 Å². The van der Waals surface area contributed by atoms with Crippen molar-refractivity contribution in [1.82, 2.24) is 20.9 Å². The highest BCUT2D eigenvalue weighted by Gasteiger charge is 2.10. The van der Waals surface area contributed by atoms with Crippen LogP contribution in [0.4, 0.5) is 0 Å². The molecule has 1 aromatic carbocycles. The van der Waals surface area contributed by atoms with Crippen LogP contribution in [-0.4, -0.2) is 62.5 Å². The van der Waals surface area contributed by atoms with Crippen molar-refractivity contribution in [2.45, 2.75) is 0 Å². The summed E-state index contributed by atoms with van der Waals surface area (Å²) in [6.07, 6.45) is 0. The number of nitrogens with zero attached hydrogens (tertiary/aromatic N) is 1. The first kappa shape index (κ1) is 19.9. The van der Waals surface area contributed by atoms with E-state index in [1.807, 2.05) is 6.07 Å². The van der Waals surface area contributed by atoms with E-state index >= 15 is 0 Å². The van der Waals surface area contributed by atoms with Gasteiger partial charge in [-0.15, -0.1) is 12.4 Å². The van der Waals surface area contributed by atoms with E-state index in [4.69, 9.17) is 0 Å². The lowest BCUT2D eigenvalue weighted by molar-refractivity contribution is -0.120. The highest BCUT2D eigenvalue weighted by Crippen LogP contribution is 2.11. The predicted molar refractivity (Wildman–Crippen MR) is 96.0 cm³/mol. The number of rotatable bonds is 6. The molecule has 6 nitrogen and oxygen atoms in total. The molecule has 1 heterocycles. The summed E-state index contributed by atoms with van der Waals surface area (Å²) in [5.41, 5.74) is 0.531. The second kappa shape index (κ2) is 10.6. The molecule has 0 radical (unpaired) electrons. The lowest BCUT2D eigenvalue weighted by Crippen LogP contribution is -2.47. The molecular formula is C15H22BrClN4O2. The number of hydrogen-bond acceptors (Lipinski definition) is 4. The average molecular weight is 406 g/mol. The summed E-state index contributed by atoms with van der Waals surface area (Å²) in [6.45, 7) is 5.45. The molecular weight excluding hydrogens is 384 g/mol. The Hall–Kier alpha value is -1.15. The summed E-state index contributed by atoms with van der Waals surface area (Å²) in [7, 11) is 0. The van der Waals surface area contributed by atoms with Crippen LogP contribution in [0.3, 0.4) is 0 Å². The fourth-order valence-corrected chi connectivity index (χ4v) is 2.64. The zero-order valence-corrected chi connectivity index (χ0v) is 15.2. The van der Waals surface area contributed by atoms with Gasteiger partial charge in [-0.2, -0.15) is 0 Å². The fourth-order valence-electron chi connectivity index (χ4n) is 2.24. The zero-order chi connectivity index (χ0) is 15.8. The molecule has 1 aliphatic heterocycles. The maximum absolute atomic E-state index is 11.9. The number of amides is 2. The Morgan fingerprint density at radius 1 is 1.22 bits per heavy atom. The van der Waals surface area contributed by atoms with E-state index in [1.54, 1.807) is 18.2 Å². The van der Waals surface area contributed by atoms with Gasteiger partial charge in [0.15, 0.2) is 0 Å². The summed E-state index contributed by atoms with van der Waals surface area (Å²) in [5.74, 6) is -0.419. The van der Waals surface area contributed by atoms with Gasteiger partial charge in [0.05, 0.1) is 6.54 Å². The molecule has 1 fully saturated rings. The molecule has 3 N–H and O–H groups in total. The Labute approximate surface area is 150 Å². The molecule has 0 aliphatic carbocycles. The third-order valence-electron chi connectivity index (χ3n) is 3.46. The average Bonchev–Trinajstić information content (AvgIpc) is 2.53. The number of hydrogen-bond donors (Lipinski definition) is 3. The predicted octanol–water partition coefficient (Wildman–Crippen LogP) is 0.622. The quantitative estimate of drug-likeness (QED) is 0.649. The van der Waals surface area contributed by atoms with Crippen molar-refractivity contribution in [3.05, 3.63) is 34.3 Å². The third-order valence-corrected chi connectivity index (χ3v) is 3.95. The number of nitrogens with one attached hydrogen (secondary N) is 3. The van der Waals surface area contributed by atoms with Gasteiger partial charge < -0.3 is 16.0 Å². The first-order valence-electron chi connectivity index (χ1n) is 7.39. The second-order valence-electron chi connectivity index (χ2n) is 5.13. The van der Waals surface area contributed by atoms with Gasteiger partial charge in [0, 0.05) is 49.3 Å². The van der Waals surface area contributed by atoms with Crippen molar-refractivity contribution in [2.24, 2.45) is 0 Å². The Bertz CT molecular complexity index is 524. The van der Waals surface area contributed by atoms with Gasteiger partial charge in [0.1, 0.15) is 0 Å². The molecule has 1 aliphatic rings. The number of carbonyl (C=O) groups is 2. The molecule has 1 saturated heterocycles. The van der Waals surface area contributed by atoms with Crippen LogP contribution in [0.2, 0.25) is 0 Å². The standard InChI is InChI=1S/C15H21BrN4O2.ClH/c16-13-3-1-2-12(10-13)15(22)19-11-14(21)18-6-9-20-7-4-17-5-8-20;/h1-3,10,17H,4-9,11H2,(H,18,21)(H,19,22);1H. The van der Waals surface area contributed by atoms with E-state index in [0.717, 1.165) is 37.2 Å². The topological polar surface area (TPSA) is 73.5 Å². The Morgan fingerprint density at radius 3 is 2.65 bits per heavy atom. The van der Waals surface area contributed by atoms with E-state index in [9.17, 15) is 9.59 Å². The molecule has 8 heteroatoms. The van der Waals surface area contributed by atoms with Crippen LogP contribution in [0, 0.1) is 0 Å². The van der Waals surface area contributed by atoms with Crippen LogP contribution in [0.25, 0.3) is 0 Å². The lowest BCUT2D eigenvalue weighted by atomic mass is 10.2. The van der Waals surface area contributed by atoms with Crippen molar-refractivity contribution in [3.8, 4) is 0 Å². The molecule has 0 unspecified atom stereocenters. The maximum atomic E-state index is 11.9. The molecule has 0 atom stereocenters. The van der Waals surface area contributed by atoms with E-state index in [0.29, 0.717) is 12.1 Å². The summed E-state index contributed by atoms with van der Waals surface area (Å²) in [5, 5.41) is 8.73. The van der Waals surface area contributed by atoms with E-state index < -0.39 is 0 Å². The Morgan fingerprint density at radius 2 is 1.96 bits per heavy atom. The molecule has 1 aromatic rings. The summed E-state index contributed by atoms with van der Waals surface area (Å²) in [4.78, 5) is 25.9. The van der Waals surface area contributed by atoms with Gasteiger partial charge in [-0.3, -0.25) is 14.5 Å². The summed E-state index contributed by atoms with van der Waals surface area (Å²) >= 11 is 3.31. The van der Waals surface area contributed by atoms with Crippen molar-refractivity contribution in [1.29, 1.82) is 0 Å². The summed E-state index contributed by atoms with van der Waals surface area (Å²) in [6, 6.07) is 7.06. The summed E-state index contributed by atoms with van der Waals surface area (Å²) < 4.78 is 0.834. The van der Waals surface area contributed by atoms with Crippen LogP contribution < -0.4 is 16.0 Å². The number of benzene rings is 1. The molecule has 128 valence electrons. The highest BCUT2D eigenvalue weighted by molar-refractivity contribution is 9.10. The van der Waals surface area contributed by atoms with Crippen LogP contribution >= 0.6 is 28.3 Å². The van der Waals surface area contributed by atoms with Crippen molar-refractivity contribution in [2.75, 3.05) is 45.8 Å². The normalized spacial score (nSPS) is 14.7. The molecule has 0 aromatic heterocycles. The number of piperazine rings is 1. The van der Waals surface area contributed by atoms with Gasteiger partial charge in [-0.25, -0.2) is 0 Å². The van der Waals surface area contributed by atoms with Crippen molar-refractivity contribution < 1.29 is 9.59 Å². The minimum Gasteiger partial charge on any atom is -0.353 e. The minimum absolute atomic E-state index is 0. The zero-order valence-electron chi connectivity index (χ0n) is 12.8. The first-order chi connectivity index (χ1) is 10.6. The van der Waals surface area contributed by atoms with Crippen LogP contribution in [0.5, 0.6) is 0 Å². The highest BCUT2D eigenvalue weighted by atomic mass is 79.9. The SMILES string of the molecule is Cl.O=C(CNC(=O)c1cccc(Br)c1)NCCN1CCNCC1. The monoisotopic (exact) mass is 404 g/mol. The first-order valence-corrected chi connectivity index (χ1v) is 8.18. The van der Waals surface area contributed by atoms with Gasteiger partial charge >= 0.3 is 0 Å². The third kappa shape index (κ3) is 7.30. The molecule has 23 heavy (non-hydrogen) atoms. The van der Waals surface area contributed by atoms with Gasteiger partial charge in [0.2, 0.25) is 5.91 Å². The fraction of sp³-hybridized carbons (Fsp3) is 0.467. The molecule has 0 spiro atoms. The Kier molecular flexibility index (Phi) is 9.16. The lowest BCUT2D eigenvalue weighted by Gasteiger charge is -2.27. The Balaban J connectivity index is 0.00000264. The van der Waals surface area contributed by atoms with Crippen LogP contribution in [-0.2, 0) is 4.79 Å². The van der Waals surface area contributed by atoms with E-state index in [-0.39, 0.29) is 30.8 Å². The van der Waals surface area contributed by atoms with E-state index in [2.05, 4.69) is 36.8 Å². The minimum atomic E-state index is -0.251. The number of halogens is 2. The smallest absolute Gasteiger partial charge is 0.251 e. The molecule has 0 saturated carbocycles. The second-order valence-corrected chi connectivity index (χ2v) is 6.05. The maximum Gasteiger partial charge on any atom is 0.251 e. The van der Waals surface area contributed by atoms with Crippen molar-refractivity contribution in [3.63, 3.8) is 0 Å².